The summed E-state index contributed by atoms with van der Waals surface area (Å²) in [5.41, 5.74) is 1.37. The number of anilines is 1. The molecule has 1 aliphatic carbocycles. The molecule has 0 radical (unpaired) electrons. The zero-order chi connectivity index (χ0) is 24.4. The van der Waals surface area contributed by atoms with E-state index in [1.54, 1.807) is 36.4 Å². The monoisotopic (exact) mass is 486 g/mol. The fraction of sp³-hybridized carbons (Fsp3) is 0.375. The zero-order valence-corrected chi connectivity index (χ0v) is 19.7. The Kier molecular flexibility index (Phi) is 6.99. The van der Waals surface area contributed by atoms with Gasteiger partial charge in [-0.25, -0.2) is 4.21 Å². The lowest BCUT2D eigenvalue weighted by Gasteiger charge is -2.27. The number of imide groups is 1. The van der Waals surface area contributed by atoms with E-state index in [1.165, 1.54) is 12.0 Å². The molecular weight excluding hydrogens is 460 g/mol. The highest BCUT2D eigenvalue weighted by atomic mass is 32.2. The van der Waals surface area contributed by atoms with Gasteiger partial charge < -0.3 is 18.9 Å². The number of nitrogens with zero attached hydrogens (tertiary/aromatic N) is 2. The lowest BCUT2D eigenvalue weighted by molar-refractivity contribution is -0.107. The van der Waals surface area contributed by atoms with E-state index in [9.17, 15) is 23.1 Å². The summed E-state index contributed by atoms with van der Waals surface area (Å²) in [5, 5.41) is 0. The minimum Gasteiger partial charge on any atom is -0.493 e. The smallest absolute Gasteiger partial charge is 0.264 e. The summed E-state index contributed by atoms with van der Waals surface area (Å²) in [4.78, 5) is 41.5. The maximum absolute atomic E-state index is 13.7. The van der Waals surface area contributed by atoms with E-state index >= 15 is 0 Å². The van der Waals surface area contributed by atoms with Gasteiger partial charge in [0.2, 0.25) is 6.41 Å². The first-order valence-corrected chi connectivity index (χ1v) is 12.3. The molecule has 1 aliphatic heterocycles. The Balaban J connectivity index is 1.77. The van der Waals surface area contributed by atoms with E-state index in [1.807, 2.05) is 6.92 Å². The van der Waals surface area contributed by atoms with Crippen molar-refractivity contribution >= 4 is 35.0 Å². The van der Waals surface area contributed by atoms with E-state index in [0.717, 1.165) is 17.7 Å². The second-order valence-corrected chi connectivity index (χ2v) is 9.15. The summed E-state index contributed by atoms with van der Waals surface area (Å²) < 4.78 is 31.9. The minimum absolute atomic E-state index is 0.0175. The van der Waals surface area contributed by atoms with Crippen molar-refractivity contribution in [3.8, 4) is 11.5 Å². The molecule has 180 valence electrons. The molecule has 0 saturated heterocycles. The molecule has 2 atom stereocenters. The van der Waals surface area contributed by atoms with Crippen LogP contribution >= 0.6 is 0 Å². The molecular formula is C24H26N2O7S. The van der Waals surface area contributed by atoms with Crippen LogP contribution in [0.2, 0.25) is 0 Å². The van der Waals surface area contributed by atoms with Crippen LogP contribution in [-0.2, 0) is 15.9 Å². The van der Waals surface area contributed by atoms with Gasteiger partial charge in [0, 0.05) is 6.04 Å². The van der Waals surface area contributed by atoms with Crippen molar-refractivity contribution in [3.05, 3.63) is 53.1 Å². The molecule has 1 saturated carbocycles. The maximum Gasteiger partial charge on any atom is 0.264 e. The van der Waals surface area contributed by atoms with Crippen LogP contribution in [0.5, 0.6) is 11.5 Å². The van der Waals surface area contributed by atoms with Crippen LogP contribution in [0.1, 0.15) is 58.5 Å². The third-order valence-corrected chi connectivity index (χ3v) is 6.59. The molecule has 2 aromatic rings. The predicted octanol–water partition coefficient (Wildman–Crippen LogP) is 3.17. The number of rotatable bonds is 11. The number of amides is 3. The topological polar surface area (TPSA) is 113 Å². The molecule has 0 aromatic heterocycles. The molecule has 0 bridgehead atoms. The first-order valence-electron chi connectivity index (χ1n) is 11.0. The Morgan fingerprint density at radius 3 is 2.59 bits per heavy atom. The van der Waals surface area contributed by atoms with Crippen molar-refractivity contribution in [2.45, 2.75) is 38.3 Å². The number of carbonyl (C=O) groups is 3. The van der Waals surface area contributed by atoms with Crippen molar-refractivity contribution < 1.29 is 32.6 Å². The Bertz CT molecular complexity index is 1150. The Morgan fingerprint density at radius 2 is 1.97 bits per heavy atom. The van der Waals surface area contributed by atoms with Gasteiger partial charge in [0.05, 0.1) is 42.3 Å². The van der Waals surface area contributed by atoms with E-state index in [-0.39, 0.29) is 29.3 Å². The third kappa shape index (κ3) is 4.43. The van der Waals surface area contributed by atoms with Gasteiger partial charge in [0.15, 0.2) is 22.6 Å². The molecule has 2 aliphatic rings. The average molecular weight is 487 g/mol. The normalized spacial score (nSPS) is 16.7. The van der Waals surface area contributed by atoms with Crippen molar-refractivity contribution in [2.75, 3.05) is 24.4 Å². The molecule has 1 N–H and O–H groups in total. The van der Waals surface area contributed by atoms with Gasteiger partial charge in [-0.1, -0.05) is 12.1 Å². The van der Waals surface area contributed by atoms with E-state index in [0.29, 0.717) is 35.8 Å². The molecule has 4 rings (SSSR count). The van der Waals surface area contributed by atoms with Gasteiger partial charge in [-0.05, 0) is 56.0 Å². The summed E-state index contributed by atoms with van der Waals surface area (Å²) in [5.74, 6) is -0.248. The summed E-state index contributed by atoms with van der Waals surface area (Å²) in [6.45, 7) is 2.20. The molecule has 1 heterocycles. The number of fused-ring (bicyclic) bond motifs is 1. The third-order valence-electron chi connectivity index (χ3n) is 6.01. The Hall–Kier alpha value is -3.24. The van der Waals surface area contributed by atoms with Crippen molar-refractivity contribution in [3.63, 3.8) is 0 Å². The van der Waals surface area contributed by atoms with Crippen LogP contribution in [-0.4, -0.2) is 57.4 Å². The second kappa shape index (κ2) is 9.94. The van der Waals surface area contributed by atoms with Crippen LogP contribution in [0.15, 0.2) is 36.4 Å². The number of hydrogen-bond donors (Lipinski definition) is 1. The quantitative estimate of drug-likeness (QED) is 0.295. The van der Waals surface area contributed by atoms with Gasteiger partial charge in [-0.15, -0.1) is 0 Å². The summed E-state index contributed by atoms with van der Waals surface area (Å²) in [6, 6.07) is 9.15. The molecule has 3 amide bonds. The number of ether oxygens (including phenoxy) is 2. The lowest BCUT2D eigenvalue weighted by Crippen LogP contribution is -2.35. The molecule has 10 heteroatoms. The van der Waals surface area contributed by atoms with Crippen LogP contribution in [0.4, 0.5) is 5.69 Å². The van der Waals surface area contributed by atoms with Crippen molar-refractivity contribution in [2.24, 2.45) is 0 Å². The van der Waals surface area contributed by atoms with Gasteiger partial charge in [-0.2, -0.15) is 0 Å². The van der Waals surface area contributed by atoms with Crippen LogP contribution in [0, 0.1) is 0 Å². The fourth-order valence-electron chi connectivity index (χ4n) is 4.30. The first-order chi connectivity index (χ1) is 16.4. The zero-order valence-electron chi connectivity index (χ0n) is 18.9. The van der Waals surface area contributed by atoms with Crippen LogP contribution in [0.25, 0.3) is 0 Å². The Labute approximate surface area is 199 Å². The van der Waals surface area contributed by atoms with E-state index in [4.69, 9.17) is 9.47 Å². The SMILES string of the molecule is CCOc1cc(C(CCS(=O)O)N2C(=O)c3cccc(N(C=O)C4CC4)c3C2=O)ccc1OC. The van der Waals surface area contributed by atoms with E-state index < -0.39 is 28.9 Å². The number of carbonyl (C=O) groups excluding carboxylic acids is 3. The fourth-order valence-corrected chi connectivity index (χ4v) is 4.73. The van der Waals surface area contributed by atoms with Crippen LogP contribution < -0.4 is 14.4 Å². The largest absolute Gasteiger partial charge is 0.493 e. The molecule has 1 fully saturated rings. The summed E-state index contributed by atoms with van der Waals surface area (Å²) in [6.07, 6.45) is 2.44. The predicted molar refractivity (Wildman–Crippen MR) is 126 cm³/mol. The standard InChI is InChI=1S/C24H26N2O7S/c1-3-33-21-13-15(7-10-20(21)32-2)18(11-12-34(30)31)26-23(28)17-5-4-6-19(22(17)24(26)29)25(14-27)16-8-9-16/h4-7,10,13-14,16,18H,3,8-9,11-12H2,1-2H3,(H,30,31). The summed E-state index contributed by atoms with van der Waals surface area (Å²) >= 11 is -2.12. The van der Waals surface area contributed by atoms with Crippen molar-refractivity contribution in [1.82, 2.24) is 4.90 Å². The molecule has 2 aromatic carbocycles. The molecule has 0 spiro atoms. The number of hydrogen-bond acceptors (Lipinski definition) is 6. The van der Waals surface area contributed by atoms with Crippen molar-refractivity contribution in [1.29, 1.82) is 0 Å². The van der Waals surface area contributed by atoms with Gasteiger partial charge >= 0.3 is 0 Å². The maximum atomic E-state index is 13.7. The Morgan fingerprint density at radius 1 is 1.21 bits per heavy atom. The van der Waals surface area contributed by atoms with E-state index in [2.05, 4.69) is 0 Å². The first kappa shape index (κ1) is 23.9. The van der Waals surface area contributed by atoms with Gasteiger partial charge in [-0.3, -0.25) is 19.3 Å². The van der Waals surface area contributed by atoms with Gasteiger partial charge in [0.25, 0.3) is 11.8 Å². The molecule has 34 heavy (non-hydrogen) atoms. The number of benzene rings is 2. The average Bonchev–Trinajstić information content (AvgIpc) is 3.63. The lowest BCUT2D eigenvalue weighted by atomic mass is 10.0. The minimum atomic E-state index is -2.12. The highest BCUT2D eigenvalue weighted by Gasteiger charge is 2.44. The highest BCUT2D eigenvalue weighted by molar-refractivity contribution is 7.79. The number of methoxy groups -OCH3 is 1. The molecule has 9 nitrogen and oxygen atoms in total. The van der Waals surface area contributed by atoms with Gasteiger partial charge in [0.1, 0.15) is 0 Å². The van der Waals surface area contributed by atoms with Crippen LogP contribution in [0.3, 0.4) is 0 Å². The summed E-state index contributed by atoms with van der Waals surface area (Å²) in [7, 11) is 1.51. The molecule has 2 unspecified atom stereocenters. The second-order valence-electron chi connectivity index (χ2n) is 8.10. The highest BCUT2D eigenvalue weighted by Crippen LogP contribution is 2.41.